The van der Waals surface area contributed by atoms with E-state index in [0.29, 0.717) is 6.42 Å². The molecule has 1 aromatic rings. The molecule has 0 saturated heterocycles. The molecule has 1 N–H and O–H groups in total. The van der Waals surface area contributed by atoms with E-state index in [9.17, 15) is 4.79 Å². The van der Waals surface area contributed by atoms with Gasteiger partial charge in [0, 0.05) is 13.5 Å². The van der Waals surface area contributed by atoms with Crippen molar-refractivity contribution in [3.63, 3.8) is 0 Å². The fourth-order valence-corrected chi connectivity index (χ4v) is 1.51. The highest BCUT2D eigenvalue weighted by molar-refractivity contribution is 5.93. The molecule has 2 heteroatoms. The van der Waals surface area contributed by atoms with Gasteiger partial charge in [-0.25, -0.2) is 0 Å². The molecule has 0 aromatic heterocycles. The Morgan fingerprint density at radius 1 is 1.42 bits per heavy atom. The van der Waals surface area contributed by atoms with E-state index < -0.39 is 0 Å². The summed E-state index contributed by atoms with van der Waals surface area (Å²) < 4.78 is 0. The Labute approximate surface area is 73.1 Å². The van der Waals surface area contributed by atoms with Gasteiger partial charge in [0.25, 0.3) is 0 Å². The summed E-state index contributed by atoms with van der Waals surface area (Å²) in [5.41, 5.74) is 3.50. The summed E-state index contributed by atoms with van der Waals surface area (Å²) >= 11 is 0. The smallest absolute Gasteiger partial charge is 0.224 e. The van der Waals surface area contributed by atoms with E-state index in [4.69, 9.17) is 0 Å². The van der Waals surface area contributed by atoms with Gasteiger partial charge in [-0.2, -0.15) is 0 Å². The van der Waals surface area contributed by atoms with Crippen LogP contribution in [-0.2, 0) is 11.2 Å². The first-order valence-corrected chi connectivity index (χ1v) is 4.15. The fourth-order valence-electron chi connectivity index (χ4n) is 1.51. The van der Waals surface area contributed by atoms with Gasteiger partial charge >= 0.3 is 0 Å². The van der Waals surface area contributed by atoms with Crippen molar-refractivity contribution in [3.05, 3.63) is 29.3 Å². The van der Waals surface area contributed by atoms with Crippen LogP contribution in [0.2, 0.25) is 0 Å². The number of carbonyl (C=O) groups excluding carboxylic acids is 1. The molecular weight excluding hydrogens is 150 g/mol. The lowest BCUT2D eigenvalue weighted by Gasteiger charge is -2.16. The predicted octanol–water partition coefficient (Wildman–Crippen LogP) is 2.13. The quantitative estimate of drug-likeness (QED) is 0.623. The molecule has 0 aliphatic carbocycles. The van der Waals surface area contributed by atoms with Crippen LogP contribution >= 0.6 is 0 Å². The van der Waals surface area contributed by atoms with Crippen LogP contribution in [0.15, 0.2) is 18.2 Å². The normalized spacial score (nSPS) is 15.2. The van der Waals surface area contributed by atoms with E-state index in [2.05, 4.69) is 18.3 Å². The van der Waals surface area contributed by atoms with Gasteiger partial charge in [-0.1, -0.05) is 17.7 Å². The SMILES string of the molecule is Cc1ccc2c(c1)CCC(=O)N2.[HH]. The summed E-state index contributed by atoms with van der Waals surface area (Å²) in [5, 5.41) is 2.85. The second-order valence-electron chi connectivity index (χ2n) is 3.21. The molecule has 1 aromatic carbocycles. The van der Waals surface area contributed by atoms with Crippen LogP contribution in [0, 0.1) is 6.92 Å². The van der Waals surface area contributed by atoms with Crippen LogP contribution in [-0.4, -0.2) is 5.91 Å². The van der Waals surface area contributed by atoms with Gasteiger partial charge in [0.1, 0.15) is 0 Å². The molecule has 0 spiro atoms. The highest BCUT2D eigenvalue weighted by Gasteiger charge is 2.13. The molecule has 2 rings (SSSR count). The average Bonchev–Trinajstić information content (AvgIpc) is 2.05. The van der Waals surface area contributed by atoms with Gasteiger partial charge in [0.2, 0.25) is 5.91 Å². The lowest BCUT2D eigenvalue weighted by Crippen LogP contribution is -2.18. The van der Waals surface area contributed by atoms with Crippen molar-refractivity contribution in [2.24, 2.45) is 0 Å². The molecule has 1 aliphatic heterocycles. The zero-order valence-electron chi connectivity index (χ0n) is 7.05. The molecule has 2 nitrogen and oxygen atoms in total. The minimum Gasteiger partial charge on any atom is -0.326 e. The van der Waals surface area contributed by atoms with Gasteiger partial charge in [-0.05, 0) is 25.0 Å². The number of benzene rings is 1. The minimum absolute atomic E-state index is 0. The Kier molecular flexibility index (Phi) is 1.61. The van der Waals surface area contributed by atoms with Crippen LogP contribution in [0.4, 0.5) is 5.69 Å². The number of anilines is 1. The third kappa shape index (κ3) is 1.20. The Bertz CT molecular complexity index is 336. The molecule has 0 fully saturated rings. The Balaban J connectivity index is 0.000000845. The molecule has 0 atom stereocenters. The lowest BCUT2D eigenvalue weighted by atomic mass is 10.0. The van der Waals surface area contributed by atoms with Crippen molar-refractivity contribution >= 4 is 11.6 Å². The summed E-state index contributed by atoms with van der Waals surface area (Å²) in [6.07, 6.45) is 1.50. The highest BCUT2D eigenvalue weighted by Crippen LogP contribution is 2.22. The number of carbonyl (C=O) groups is 1. The average molecular weight is 163 g/mol. The zero-order chi connectivity index (χ0) is 8.55. The maximum atomic E-state index is 11.0. The first kappa shape index (κ1) is 7.35. The van der Waals surface area contributed by atoms with Crippen molar-refractivity contribution in [2.45, 2.75) is 19.8 Å². The first-order valence-electron chi connectivity index (χ1n) is 4.15. The molecule has 1 heterocycles. The number of hydrogen-bond donors (Lipinski definition) is 1. The van der Waals surface area contributed by atoms with Gasteiger partial charge in [-0.3, -0.25) is 4.79 Å². The van der Waals surface area contributed by atoms with E-state index in [1.807, 2.05) is 12.1 Å². The van der Waals surface area contributed by atoms with E-state index >= 15 is 0 Å². The molecule has 0 unspecified atom stereocenters. The summed E-state index contributed by atoms with van der Waals surface area (Å²) in [4.78, 5) is 11.0. The Hall–Kier alpha value is -1.31. The largest absolute Gasteiger partial charge is 0.326 e. The standard InChI is InChI=1S/C10H11NO.H2/c1-7-2-4-9-8(6-7)3-5-10(12)11-9;/h2,4,6H,3,5H2,1H3,(H,11,12);1H. The Morgan fingerprint density at radius 3 is 3.08 bits per heavy atom. The molecule has 1 aliphatic rings. The minimum atomic E-state index is 0. The zero-order valence-corrected chi connectivity index (χ0v) is 7.05. The second-order valence-corrected chi connectivity index (χ2v) is 3.21. The van der Waals surface area contributed by atoms with Crippen LogP contribution in [0.5, 0.6) is 0 Å². The third-order valence-corrected chi connectivity index (χ3v) is 2.16. The third-order valence-electron chi connectivity index (χ3n) is 2.16. The van der Waals surface area contributed by atoms with Crippen molar-refractivity contribution in [1.82, 2.24) is 0 Å². The number of amides is 1. The lowest BCUT2D eigenvalue weighted by molar-refractivity contribution is -0.116. The fraction of sp³-hybridized carbons (Fsp3) is 0.300. The molecule has 0 radical (unpaired) electrons. The van der Waals surface area contributed by atoms with Crippen LogP contribution in [0.3, 0.4) is 0 Å². The van der Waals surface area contributed by atoms with Crippen LogP contribution in [0.1, 0.15) is 19.0 Å². The van der Waals surface area contributed by atoms with Gasteiger partial charge in [0.15, 0.2) is 0 Å². The molecular formula is C10H13NO. The van der Waals surface area contributed by atoms with E-state index in [0.717, 1.165) is 12.1 Å². The number of fused-ring (bicyclic) bond motifs is 1. The number of hydrogen-bond acceptors (Lipinski definition) is 1. The van der Waals surface area contributed by atoms with Crippen molar-refractivity contribution in [1.29, 1.82) is 0 Å². The molecule has 12 heavy (non-hydrogen) atoms. The van der Waals surface area contributed by atoms with E-state index in [1.165, 1.54) is 11.1 Å². The van der Waals surface area contributed by atoms with Gasteiger partial charge in [0.05, 0.1) is 0 Å². The molecule has 1 amide bonds. The maximum absolute atomic E-state index is 11.0. The second kappa shape index (κ2) is 2.63. The number of aryl methyl sites for hydroxylation is 2. The Morgan fingerprint density at radius 2 is 2.25 bits per heavy atom. The monoisotopic (exact) mass is 163 g/mol. The highest BCUT2D eigenvalue weighted by atomic mass is 16.1. The number of nitrogens with one attached hydrogen (secondary N) is 1. The molecule has 64 valence electrons. The van der Waals surface area contributed by atoms with Crippen molar-refractivity contribution in [3.8, 4) is 0 Å². The van der Waals surface area contributed by atoms with Crippen molar-refractivity contribution < 1.29 is 6.22 Å². The summed E-state index contributed by atoms with van der Waals surface area (Å²) in [6.45, 7) is 2.07. The first-order chi connectivity index (χ1) is 5.75. The summed E-state index contributed by atoms with van der Waals surface area (Å²) in [6, 6.07) is 6.13. The van der Waals surface area contributed by atoms with E-state index in [-0.39, 0.29) is 7.33 Å². The number of rotatable bonds is 0. The van der Waals surface area contributed by atoms with Gasteiger partial charge in [-0.15, -0.1) is 0 Å². The van der Waals surface area contributed by atoms with Crippen LogP contribution < -0.4 is 5.32 Å². The maximum Gasteiger partial charge on any atom is 0.224 e. The summed E-state index contributed by atoms with van der Waals surface area (Å²) in [7, 11) is 0. The predicted molar refractivity (Wildman–Crippen MR) is 50.2 cm³/mol. The molecule has 0 saturated carbocycles. The summed E-state index contributed by atoms with van der Waals surface area (Å²) in [5.74, 6) is 0.131. The molecule has 0 bridgehead atoms. The van der Waals surface area contributed by atoms with Crippen LogP contribution in [0.25, 0.3) is 0 Å². The topological polar surface area (TPSA) is 29.1 Å². The van der Waals surface area contributed by atoms with Crippen molar-refractivity contribution in [2.75, 3.05) is 5.32 Å². The van der Waals surface area contributed by atoms with Gasteiger partial charge < -0.3 is 5.32 Å². The van der Waals surface area contributed by atoms with E-state index in [1.54, 1.807) is 0 Å².